The smallest absolute Gasteiger partial charge is 0.161 e. The average Bonchev–Trinajstić information content (AvgIpc) is 2.87. The molecule has 1 heterocycles. The van der Waals surface area contributed by atoms with Gasteiger partial charge in [-0.1, -0.05) is 0 Å². The normalized spacial score (nSPS) is 16.9. The van der Waals surface area contributed by atoms with Gasteiger partial charge >= 0.3 is 0 Å². The Morgan fingerprint density at radius 1 is 0.559 bits per heavy atom. The van der Waals surface area contributed by atoms with Crippen molar-refractivity contribution in [1.29, 1.82) is 0 Å². The van der Waals surface area contributed by atoms with Crippen molar-refractivity contribution in [2.45, 2.75) is 13.8 Å². The molecule has 0 unspecified atom stereocenters. The SMILES string of the molecule is CC(=NN)c1ccc2c(c1)OCCOCCOc1ccc(C(C)=NN)cc1OCCOCCO2. The zero-order valence-corrected chi connectivity index (χ0v) is 19.6. The summed E-state index contributed by atoms with van der Waals surface area (Å²) in [6.07, 6.45) is 0. The lowest BCUT2D eigenvalue weighted by molar-refractivity contribution is 0.0640. The monoisotopic (exact) mass is 472 g/mol. The van der Waals surface area contributed by atoms with Gasteiger partial charge in [0.1, 0.15) is 26.4 Å². The maximum atomic E-state index is 5.90. The molecule has 2 aromatic carbocycles. The molecule has 2 aromatic rings. The van der Waals surface area contributed by atoms with Crippen LogP contribution in [-0.4, -0.2) is 64.3 Å². The van der Waals surface area contributed by atoms with Crippen LogP contribution >= 0.6 is 0 Å². The summed E-state index contributed by atoms with van der Waals surface area (Å²) >= 11 is 0. The molecule has 1 aliphatic heterocycles. The Balaban J connectivity index is 1.66. The Morgan fingerprint density at radius 2 is 0.912 bits per heavy atom. The van der Waals surface area contributed by atoms with Crippen molar-refractivity contribution in [3.05, 3.63) is 47.5 Å². The molecule has 184 valence electrons. The van der Waals surface area contributed by atoms with Crippen LogP contribution in [-0.2, 0) is 9.47 Å². The first-order chi connectivity index (χ1) is 16.6. The summed E-state index contributed by atoms with van der Waals surface area (Å²) in [6.45, 7) is 6.59. The van der Waals surface area contributed by atoms with Crippen molar-refractivity contribution >= 4 is 11.4 Å². The van der Waals surface area contributed by atoms with Gasteiger partial charge in [0.15, 0.2) is 23.0 Å². The maximum absolute atomic E-state index is 5.90. The highest BCUT2D eigenvalue weighted by molar-refractivity contribution is 5.99. The standard InChI is InChI=1S/C24H32N4O6/c1-17(27-25)19-3-5-21-23(15-19)33-13-9-29-8-12-32-22-6-4-20(18(2)28-26)16-24(22)34-14-10-30-7-11-31-21/h3-6,15-16H,7-14,25-26H2,1-2H3. The third-order valence-corrected chi connectivity index (χ3v) is 5.05. The van der Waals surface area contributed by atoms with E-state index in [2.05, 4.69) is 10.2 Å². The van der Waals surface area contributed by atoms with Gasteiger partial charge in [-0.15, -0.1) is 0 Å². The molecule has 10 nitrogen and oxygen atoms in total. The molecule has 0 spiro atoms. The number of hydrogen-bond acceptors (Lipinski definition) is 10. The van der Waals surface area contributed by atoms with E-state index in [9.17, 15) is 0 Å². The largest absolute Gasteiger partial charge is 0.487 e. The van der Waals surface area contributed by atoms with E-state index in [1.54, 1.807) is 0 Å². The zero-order chi connectivity index (χ0) is 24.2. The molecule has 3 rings (SSSR count). The van der Waals surface area contributed by atoms with E-state index in [1.807, 2.05) is 50.2 Å². The van der Waals surface area contributed by atoms with Gasteiger partial charge in [-0.25, -0.2) is 0 Å². The fourth-order valence-electron chi connectivity index (χ4n) is 3.13. The fraction of sp³-hybridized carbons (Fsp3) is 0.417. The molecule has 0 aromatic heterocycles. The summed E-state index contributed by atoms with van der Waals surface area (Å²) in [4.78, 5) is 0. The first-order valence-corrected chi connectivity index (χ1v) is 11.1. The maximum Gasteiger partial charge on any atom is 0.161 e. The third-order valence-electron chi connectivity index (χ3n) is 5.05. The van der Waals surface area contributed by atoms with Crippen LogP contribution in [0.4, 0.5) is 0 Å². The average molecular weight is 473 g/mol. The zero-order valence-electron chi connectivity index (χ0n) is 19.6. The van der Waals surface area contributed by atoms with Crippen LogP contribution < -0.4 is 30.6 Å². The van der Waals surface area contributed by atoms with Crippen molar-refractivity contribution in [1.82, 2.24) is 0 Å². The van der Waals surface area contributed by atoms with Crippen molar-refractivity contribution < 1.29 is 28.4 Å². The van der Waals surface area contributed by atoms with E-state index >= 15 is 0 Å². The molecule has 1 aliphatic rings. The second-order valence-electron chi connectivity index (χ2n) is 7.37. The first kappa shape index (κ1) is 25.1. The van der Waals surface area contributed by atoms with E-state index in [-0.39, 0.29) is 0 Å². The Morgan fingerprint density at radius 3 is 1.26 bits per heavy atom. The first-order valence-electron chi connectivity index (χ1n) is 11.1. The number of nitrogens with zero attached hydrogens (tertiary/aromatic N) is 2. The minimum Gasteiger partial charge on any atom is -0.487 e. The van der Waals surface area contributed by atoms with Crippen LogP contribution in [0.3, 0.4) is 0 Å². The van der Waals surface area contributed by atoms with Crippen molar-refractivity contribution in [2.75, 3.05) is 52.9 Å². The van der Waals surface area contributed by atoms with Crippen LogP contribution in [0.1, 0.15) is 25.0 Å². The highest BCUT2D eigenvalue weighted by Crippen LogP contribution is 2.30. The van der Waals surface area contributed by atoms with E-state index in [0.29, 0.717) is 87.3 Å². The van der Waals surface area contributed by atoms with E-state index in [4.69, 9.17) is 40.1 Å². The quantitative estimate of drug-likeness (QED) is 0.387. The Bertz CT molecular complexity index is 916. The topological polar surface area (TPSA) is 132 Å². The molecular weight excluding hydrogens is 440 g/mol. The summed E-state index contributed by atoms with van der Waals surface area (Å²) in [7, 11) is 0. The van der Waals surface area contributed by atoms with Crippen LogP contribution in [0, 0.1) is 0 Å². The number of nitrogens with two attached hydrogens (primary N) is 2. The lowest BCUT2D eigenvalue weighted by atomic mass is 10.1. The van der Waals surface area contributed by atoms with Gasteiger partial charge in [-0.2, -0.15) is 10.2 Å². The number of fused-ring (bicyclic) bond motifs is 2. The number of ether oxygens (including phenoxy) is 6. The van der Waals surface area contributed by atoms with E-state index in [0.717, 1.165) is 11.1 Å². The van der Waals surface area contributed by atoms with Gasteiger partial charge in [0.25, 0.3) is 0 Å². The van der Waals surface area contributed by atoms with Crippen LogP contribution in [0.15, 0.2) is 46.6 Å². The summed E-state index contributed by atoms with van der Waals surface area (Å²) in [6, 6.07) is 11.1. The molecule has 0 aliphatic carbocycles. The van der Waals surface area contributed by atoms with Crippen LogP contribution in [0.2, 0.25) is 0 Å². The highest BCUT2D eigenvalue weighted by Gasteiger charge is 2.11. The van der Waals surface area contributed by atoms with Crippen LogP contribution in [0.25, 0.3) is 0 Å². The summed E-state index contributed by atoms with van der Waals surface area (Å²) in [5, 5.41) is 7.48. The number of rotatable bonds is 2. The molecule has 0 amide bonds. The van der Waals surface area contributed by atoms with Gasteiger partial charge in [-0.3, -0.25) is 0 Å². The van der Waals surface area contributed by atoms with Gasteiger partial charge < -0.3 is 40.1 Å². The predicted octanol–water partition coefficient (Wildman–Crippen LogP) is 2.31. The molecule has 0 radical (unpaired) electrons. The lowest BCUT2D eigenvalue weighted by Gasteiger charge is -2.16. The fourth-order valence-corrected chi connectivity index (χ4v) is 3.13. The summed E-state index contributed by atoms with van der Waals surface area (Å²) < 4.78 is 34.8. The third kappa shape index (κ3) is 7.26. The Kier molecular flexibility index (Phi) is 9.80. The predicted molar refractivity (Wildman–Crippen MR) is 129 cm³/mol. The number of hydrazone groups is 2. The van der Waals surface area contributed by atoms with Crippen LogP contribution in [0.5, 0.6) is 23.0 Å². The summed E-state index contributed by atoms with van der Waals surface area (Å²) in [5.74, 6) is 13.2. The van der Waals surface area contributed by atoms with Gasteiger partial charge in [-0.05, 0) is 50.2 Å². The molecule has 0 bridgehead atoms. The molecule has 0 saturated carbocycles. The van der Waals surface area contributed by atoms with E-state index < -0.39 is 0 Å². The number of benzene rings is 2. The van der Waals surface area contributed by atoms with Crippen molar-refractivity contribution in [3.63, 3.8) is 0 Å². The van der Waals surface area contributed by atoms with Gasteiger partial charge in [0.05, 0.1) is 37.9 Å². The molecular formula is C24H32N4O6. The van der Waals surface area contributed by atoms with Gasteiger partial charge in [0, 0.05) is 11.1 Å². The molecule has 0 atom stereocenters. The molecule has 34 heavy (non-hydrogen) atoms. The highest BCUT2D eigenvalue weighted by atomic mass is 16.6. The van der Waals surface area contributed by atoms with E-state index in [1.165, 1.54) is 0 Å². The number of hydrogen-bond donors (Lipinski definition) is 2. The molecule has 0 fully saturated rings. The molecule has 4 N–H and O–H groups in total. The van der Waals surface area contributed by atoms with Gasteiger partial charge in [0.2, 0.25) is 0 Å². The second-order valence-corrected chi connectivity index (χ2v) is 7.37. The van der Waals surface area contributed by atoms with Crippen molar-refractivity contribution in [3.8, 4) is 23.0 Å². The minimum absolute atomic E-state index is 0.343. The lowest BCUT2D eigenvalue weighted by Crippen LogP contribution is -2.16. The Hall–Kier alpha value is -3.50. The molecule has 10 heteroatoms. The minimum atomic E-state index is 0.343. The second kappa shape index (κ2) is 13.3. The van der Waals surface area contributed by atoms with Crippen molar-refractivity contribution in [2.24, 2.45) is 21.9 Å². The summed E-state index contributed by atoms with van der Waals surface area (Å²) in [5.41, 5.74) is 3.09. The molecule has 0 saturated heterocycles. The Labute approximate surface area is 199 Å².